The van der Waals surface area contributed by atoms with Crippen LogP contribution in [-0.4, -0.2) is 30.6 Å². The Morgan fingerprint density at radius 3 is 2.53 bits per heavy atom. The van der Waals surface area contributed by atoms with Crippen molar-refractivity contribution in [2.24, 2.45) is 0 Å². The van der Waals surface area contributed by atoms with E-state index in [1.165, 1.54) is 5.69 Å². The molecular weight excluding hydrogens is 216 g/mol. The lowest BCUT2D eigenvalue weighted by molar-refractivity contribution is -0.133. The topological polar surface area (TPSA) is 35.4 Å². The maximum absolute atomic E-state index is 5.47. The summed E-state index contributed by atoms with van der Waals surface area (Å²) in [4.78, 5) is 0. The molecule has 0 unspecified atom stereocenters. The van der Waals surface area contributed by atoms with E-state index >= 15 is 0 Å². The van der Waals surface area contributed by atoms with Gasteiger partial charge in [-0.25, -0.2) is 0 Å². The molecule has 1 aromatic rings. The van der Waals surface area contributed by atoms with Gasteiger partial charge in [-0.05, 0) is 32.9 Å². The fraction of sp³-hybridized carbons (Fsp3) is 0.692. The Kier molecular flexibility index (Phi) is 6.93. The zero-order chi connectivity index (χ0) is 12.5. The van der Waals surface area contributed by atoms with Crippen LogP contribution in [0.5, 0.6) is 0 Å². The fourth-order valence-electron chi connectivity index (χ4n) is 1.77. The molecule has 0 saturated heterocycles. The number of nitrogens with zero attached hydrogens (tertiary/aromatic N) is 1. The largest absolute Gasteiger partial charge is 0.352 e. The van der Waals surface area contributed by atoms with Crippen LogP contribution in [0, 0.1) is 0 Å². The summed E-state index contributed by atoms with van der Waals surface area (Å²) in [7, 11) is 0. The minimum Gasteiger partial charge on any atom is -0.352 e. The Hall–Kier alpha value is -0.840. The molecule has 1 heterocycles. The smallest absolute Gasteiger partial charge is 0.169 e. The molecule has 0 bridgehead atoms. The molecule has 0 atom stereocenters. The van der Waals surface area contributed by atoms with Gasteiger partial charge < -0.3 is 19.4 Å². The van der Waals surface area contributed by atoms with E-state index in [9.17, 15) is 0 Å². The van der Waals surface area contributed by atoms with Crippen molar-refractivity contribution in [2.45, 2.75) is 40.2 Å². The van der Waals surface area contributed by atoms with E-state index in [0.29, 0.717) is 13.2 Å². The van der Waals surface area contributed by atoms with E-state index in [-0.39, 0.29) is 6.29 Å². The zero-order valence-electron chi connectivity index (χ0n) is 11.1. The highest BCUT2D eigenvalue weighted by molar-refractivity contribution is 5.06. The van der Waals surface area contributed by atoms with Gasteiger partial charge in [0.1, 0.15) is 0 Å². The maximum atomic E-state index is 5.47. The summed E-state index contributed by atoms with van der Waals surface area (Å²) in [6.45, 7) is 10.0. The summed E-state index contributed by atoms with van der Waals surface area (Å²) < 4.78 is 13.2. The first kappa shape index (κ1) is 14.2. The molecule has 0 fully saturated rings. The lowest BCUT2D eigenvalue weighted by atomic mass is 10.4. The van der Waals surface area contributed by atoms with Gasteiger partial charge in [-0.15, -0.1) is 0 Å². The molecule has 0 spiro atoms. The van der Waals surface area contributed by atoms with E-state index in [1.807, 2.05) is 13.8 Å². The molecule has 0 amide bonds. The van der Waals surface area contributed by atoms with Crippen LogP contribution in [0.15, 0.2) is 18.3 Å². The summed E-state index contributed by atoms with van der Waals surface area (Å²) in [5, 5.41) is 3.36. The predicted molar refractivity (Wildman–Crippen MR) is 68.9 cm³/mol. The Bertz CT molecular complexity index is 293. The minimum absolute atomic E-state index is 0.143. The minimum atomic E-state index is -0.143. The SMILES string of the molecule is CCOC(CNCc1cccn1CC)OCC. The van der Waals surface area contributed by atoms with Gasteiger partial charge in [0.25, 0.3) is 0 Å². The van der Waals surface area contributed by atoms with E-state index in [0.717, 1.165) is 19.6 Å². The summed E-state index contributed by atoms with van der Waals surface area (Å²) in [6, 6.07) is 4.20. The fourth-order valence-corrected chi connectivity index (χ4v) is 1.77. The maximum Gasteiger partial charge on any atom is 0.169 e. The summed E-state index contributed by atoms with van der Waals surface area (Å²) in [5.74, 6) is 0. The number of nitrogens with one attached hydrogen (secondary N) is 1. The van der Waals surface area contributed by atoms with Crippen LogP contribution in [0.3, 0.4) is 0 Å². The molecule has 4 heteroatoms. The molecule has 0 radical (unpaired) electrons. The van der Waals surface area contributed by atoms with Gasteiger partial charge in [0, 0.05) is 44.7 Å². The third-order valence-electron chi connectivity index (χ3n) is 2.59. The second-order valence-electron chi connectivity index (χ2n) is 3.76. The van der Waals surface area contributed by atoms with Crippen LogP contribution in [0.2, 0.25) is 0 Å². The average Bonchev–Trinajstić information content (AvgIpc) is 2.77. The number of ether oxygens (including phenoxy) is 2. The lowest BCUT2D eigenvalue weighted by Crippen LogP contribution is -2.31. The van der Waals surface area contributed by atoms with Crippen molar-refractivity contribution in [2.75, 3.05) is 19.8 Å². The molecule has 0 aliphatic heterocycles. The third-order valence-corrected chi connectivity index (χ3v) is 2.59. The van der Waals surface area contributed by atoms with Crippen LogP contribution in [0.4, 0.5) is 0 Å². The summed E-state index contributed by atoms with van der Waals surface area (Å²) in [5.41, 5.74) is 1.29. The van der Waals surface area contributed by atoms with Crippen LogP contribution in [0.25, 0.3) is 0 Å². The van der Waals surface area contributed by atoms with Crippen LogP contribution in [-0.2, 0) is 22.6 Å². The molecular formula is C13H24N2O2. The van der Waals surface area contributed by atoms with Crippen molar-refractivity contribution in [3.8, 4) is 0 Å². The number of rotatable bonds is 9. The van der Waals surface area contributed by atoms with Crippen molar-refractivity contribution >= 4 is 0 Å². The van der Waals surface area contributed by atoms with Crippen molar-refractivity contribution < 1.29 is 9.47 Å². The first-order valence-electron chi connectivity index (χ1n) is 6.39. The number of hydrogen-bond donors (Lipinski definition) is 1. The van der Waals surface area contributed by atoms with Gasteiger partial charge in [0.15, 0.2) is 6.29 Å². The van der Waals surface area contributed by atoms with E-state index in [4.69, 9.17) is 9.47 Å². The summed E-state index contributed by atoms with van der Waals surface area (Å²) >= 11 is 0. The number of aryl methyl sites for hydroxylation is 1. The molecule has 0 aliphatic rings. The molecule has 0 aliphatic carbocycles. The molecule has 0 saturated carbocycles. The Morgan fingerprint density at radius 2 is 1.94 bits per heavy atom. The molecule has 98 valence electrons. The monoisotopic (exact) mass is 240 g/mol. The Balaban J connectivity index is 2.30. The highest BCUT2D eigenvalue weighted by atomic mass is 16.7. The van der Waals surface area contributed by atoms with Crippen LogP contribution in [0.1, 0.15) is 26.5 Å². The molecule has 17 heavy (non-hydrogen) atoms. The van der Waals surface area contributed by atoms with Gasteiger partial charge in [0.2, 0.25) is 0 Å². The standard InChI is InChI=1S/C13H24N2O2/c1-4-15-9-7-8-12(15)10-14-11-13(16-5-2)17-6-3/h7-9,13-14H,4-6,10-11H2,1-3H3. The second-order valence-corrected chi connectivity index (χ2v) is 3.76. The normalized spacial score (nSPS) is 11.3. The molecule has 4 nitrogen and oxygen atoms in total. The van der Waals surface area contributed by atoms with Gasteiger partial charge in [-0.1, -0.05) is 0 Å². The predicted octanol–water partition coefficient (Wildman–Crippen LogP) is 2.00. The third kappa shape index (κ3) is 4.89. The van der Waals surface area contributed by atoms with E-state index in [2.05, 4.69) is 35.1 Å². The molecule has 1 aromatic heterocycles. The zero-order valence-corrected chi connectivity index (χ0v) is 11.1. The van der Waals surface area contributed by atoms with E-state index in [1.54, 1.807) is 0 Å². The number of aromatic nitrogens is 1. The molecule has 0 aromatic carbocycles. The average molecular weight is 240 g/mol. The second kappa shape index (κ2) is 8.28. The van der Waals surface area contributed by atoms with Crippen molar-refractivity contribution in [3.63, 3.8) is 0 Å². The first-order chi connectivity index (χ1) is 8.31. The highest BCUT2D eigenvalue weighted by Gasteiger charge is 2.07. The van der Waals surface area contributed by atoms with Crippen molar-refractivity contribution in [1.82, 2.24) is 9.88 Å². The van der Waals surface area contributed by atoms with Crippen LogP contribution >= 0.6 is 0 Å². The molecule has 1 rings (SSSR count). The number of hydrogen-bond acceptors (Lipinski definition) is 3. The van der Waals surface area contributed by atoms with E-state index < -0.39 is 0 Å². The summed E-state index contributed by atoms with van der Waals surface area (Å²) in [6.07, 6.45) is 1.95. The van der Waals surface area contributed by atoms with Crippen molar-refractivity contribution in [3.05, 3.63) is 24.0 Å². The van der Waals surface area contributed by atoms with Crippen LogP contribution < -0.4 is 5.32 Å². The first-order valence-corrected chi connectivity index (χ1v) is 6.39. The lowest BCUT2D eigenvalue weighted by Gasteiger charge is -2.17. The Morgan fingerprint density at radius 1 is 1.24 bits per heavy atom. The van der Waals surface area contributed by atoms with Gasteiger partial charge in [-0.3, -0.25) is 0 Å². The van der Waals surface area contributed by atoms with Gasteiger partial charge in [0.05, 0.1) is 0 Å². The van der Waals surface area contributed by atoms with Gasteiger partial charge in [-0.2, -0.15) is 0 Å². The highest BCUT2D eigenvalue weighted by Crippen LogP contribution is 2.02. The quantitative estimate of drug-likeness (QED) is 0.671. The molecule has 1 N–H and O–H groups in total. The van der Waals surface area contributed by atoms with Gasteiger partial charge >= 0.3 is 0 Å². The van der Waals surface area contributed by atoms with Crippen molar-refractivity contribution in [1.29, 1.82) is 0 Å². The Labute approximate surface area is 104 Å².